The zero-order valence-electron chi connectivity index (χ0n) is 73.1. The number of ether oxygens (including phenoxy) is 5. The van der Waals surface area contributed by atoms with E-state index in [1.165, 1.54) is 222 Å². The number of methoxy groups -OCH3 is 1. The van der Waals surface area contributed by atoms with Crippen molar-refractivity contribution in [3.05, 3.63) is 162 Å². The average molecular weight is 1630 g/mol. The molecule has 1 atom stereocenters. The second-order valence-electron chi connectivity index (χ2n) is 33.5. The number of aliphatic imine (C=N–C) groups is 1. The van der Waals surface area contributed by atoms with Crippen molar-refractivity contribution in [2.45, 2.75) is 335 Å². The lowest BCUT2D eigenvalue weighted by Gasteiger charge is -2.34. The zero-order chi connectivity index (χ0) is 82.7. The summed E-state index contributed by atoms with van der Waals surface area (Å²) in [6.45, 7) is 26.2. The van der Waals surface area contributed by atoms with Crippen molar-refractivity contribution in [1.82, 2.24) is 35.1 Å². The van der Waals surface area contributed by atoms with Crippen molar-refractivity contribution in [3.63, 3.8) is 0 Å². The van der Waals surface area contributed by atoms with Crippen LogP contribution in [-0.2, 0) is 4.74 Å². The van der Waals surface area contributed by atoms with E-state index in [2.05, 4.69) is 162 Å². The van der Waals surface area contributed by atoms with E-state index in [-0.39, 0.29) is 17.9 Å². The molecular weight excluding hydrogens is 1480 g/mol. The number of nitrogens with zero attached hydrogens (tertiary/aromatic N) is 8. The number of pyridine rings is 1. The smallest absolute Gasteiger partial charge is 0.255 e. The SMILES string of the molecule is C=NC1(C)CCC(c2ccc(-c3ccc(OCC(F)CCCCCC)cc3)cc2)CC1.CCCCCC1CCC(c2ccc(-c3ccc(OC[Si](C)(C)CCCC)c(F)n3)cc2)CC1.CCCCCCCCCOC.CCCCCCCCOc1cnc(-c2ccc(OCC)cc2)nc1.c1cnc(-c2nnc(C3CCCCC3)s2)nc1. The van der Waals surface area contributed by atoms with Gasteiger partial charge in [-0.05, 0) is 199 Å². The summed E-state index contributed by atoms with van der Waals surface area (Å²) in [5.41, 5.74) is 7.88. The van der Waals surface area contributed by atoms with Crippen LogP contribution in [0.25, 0.3) is 44.6 Å². The predicted molar refractivity (Wildman–Crippen MR) is 485 cm³/mol. The van der Waals surface area contributed by atoms with Gasteiger partial charge in [-0.25, -0.2) is 29.3 Å². The van der Waals surface area contributed by atoms with E-state index in [1.807, 2.05) is 55.5 Å². The lowest BCUT2D eigenvalue weighted by molar-refractivity contribution is 0.184. The number of hydrogen-bond donors (Lipinski definition) is 0. The molecule has 4 aromatic carbocycles. The highest BCUT2D eigenvalue weighted by atomic mass is 32.1. The quantitative estimate of drug-likeness (QED) is 0.0155. The van der Waals surface area contributed by atoms with Crippen LogP contribution in [0.5, 0.6) is 23.0 Å². The normalized spacial score (nSPS) is 17.0. The predicted octanol–water partition coefficient (Wildman–Crippen LogP) is 29.0. The Labute approximate surface area is 704 Å². The summed E-state index contributed by atoms with van der Waals surface area (Å²) >= 11 is 1.65. The van der Waals surface area contributed by atoms with Gasteiger partial charge in [0.2, 0.25) is 0 Å². The molecule has 13 nitrogen and oxygen atoms in total. The van der Waals surface area contributed by atoms with Crippen LogP contribution >= 0.6 is 11.3 Å². The third-order valence-electron chi connectivity index (χ3n) is 23.1. The van der Waals surface area contributed by atoms with Crippen molar-refractivity contribution in [3.8, 4) is 67.6 Å². The minimum atomic E-state index is -1.46. The summed E-state index contributed by atoms with van der Waals surface area (Å²) in [5, 5.41) is 10.5. The van der Waals surface area contributed by atoms with Crippen LogP contribution in [0, 0.1) is 11.9 Å². The summed E-state index contributed by atoms with van der Waals surface area (Å²) in [6.07, 6.45) is 53.2. The van der Waals surface area contributed by atoms with Gasteiger partial charge in [0.1, 0.15) is 29.3 Å². The van der Waals surface area contributed by atoms with Crippen LogP contribution in [0.3, 0.4) is 0 Å². The molecule has 3 saturated carbocycles. The number of rotatable bonds is 44. The maximum atomic E-state index is 14.7. The van der Waals surface area contributed by atoms with Gasteiger partial charge in [0.25, 0.3) is 5.95 Å². The summed E-state index contributed by atoms with van der Waals surface area (Å²) in [5.74, 6) is 6.32. The summed E-state index contributed by atoms with van der Waals surface area (Å²) < 4.78 is 56.3. The Bertz CT molecular complexity index is 3810. The van der Waals surface area contributed by atoms with Gasteiger partial charge in [0, 0.05) is 43.2 Å². The first-order valence-corrected chi connectivity index (χ1v) is 49.5. The Hall–Kier alpha value is -7.34. The van der Waals surface area contributed by atoms with Gasteiger partial charge >= 0.3 is 0 Å². The molecule has 3 aliphatic carbocycles. The summed E-state index contributed by atoms with van der Waals surface area (Å²) in [6, 6.07) is 40.1. The van der Waals surface area contributed by atoms with E-state index < -0.39 is 20.2 Å². The standard InChI is InChI=1S/C29H44FNOSi.C28H38FNO.C20H28N2O2.C12H14N4S.C10H22O/c1-5-7-9-10-23-11-13-24(14-12-23)25-15-17-26(18-16-25)27-19-20-28(29(30)31-27)32-22-33(3,4)21-8-6-2;1-4-5-6-7-8-26(29)21-31-27-15-13-24(14-16-27)22-9-11-23(12-10-22)25-17-19-28(2,30-3)20-18-25;1-3-5-6-7-8-9-14-24-19-15-21-20(22-16-19)17-10-12-18(13-11-17)23-4-2;1-2-5-9(6-3-1)11-15-16-12(17-11)10-13-7-4-8-14-10;1-3-4-5-6-7-8-9-10-11-2/h15-20,23-24H,5-14,21-22H2,1-4H3;9-16,25-26H,3-8,17-21H2,1-2H3;10-13,15-16H,3-9,14H2,1-2H3;4,7-9H,1-3,5-6H2;3-10H2,1-2H3. The van der Waals surface area contributed by atoms with E-state index >= 15 is 0 Å². The topological polar surface area (TPSA) is 149 Å². The number of benzene rings is 4. The number of unbranched alkanes of at least 4 members (excludes halogenated alkanes) is 17. The Morgan fingerprint density at radius 3 is 1.60 bits per heavy atom. The third kappa shape index (κ3) is 36.5. The van der Waals surface area contributed by atoms with Crippen LogP contribution in [0.15, 0.2) is 145 Å². The highest BCUT2D eigenvalue weighted by Crippen LogP contribution is 2.42. The fourth-order valence-corrected chi connectivity index (χ4v) is 18.5. The molecule has 0 aliphatic heterocycles. The molecule has 17 heteroatoms. The van der Waals surface area contributed by atoms with Crippen molar-refractivity contribution in [1.29, 1.82) is 0 Å². The van der Waals surface area contributed by atoms with Crippen LogP contribution in [-0.4, -0.2) is 101 Å². The Kier molecular flexibility index (Phi) is 46.4. The van der Waals surface area contributed by atoms with Gasteiger partial charge in [-0.2, -0.15) is 4.39 Å². The van der Waals surface area contributed by atoms with E-state index in [4.69, 9.17) is 23.7 Å². The first kappa shape index (κ1) is 95.8. The van der Waals surface area contributed by atoms with E-state index in [1.54, 1.807) is 49.3 Å². The average Bonchev–Trinajstić information content (AvgIpc) is 1.51. The fourth-order valence-electron chi connectivity index (χ4n) is 15.5. The van der Waals surface area contributed by atoms with Crippen molar-refractivity contribution in [2.24, 2.45) is 10.9 Å². The molecule has 0 saturated heterocycles. The summed E-state index contributed by atoms with van der Waals surface area (Å²) in [4.78, 5) is 25.7. The minimum Gasteiger partial charge on any atom is -0.494 e. The van der Waals surface area contributed by atoms with E-state index in [0.29, 0.717) is 54.4 Å². The molecule has 0 N–H and O–H groups in total. The molecule has 4 heterocycles. The molecule has 4 aromatic heterocycles. The molecule has 1 unspecified atom stereocenters. The molecule has 0 radical (unpaired) electrons. The molecular formula is C99H146F2N8O5SSi. The molecule has 0 spiro atoms. The van der Waals surface area contributed by atoms with E-state index in [9.17, 15) is 8.78 Å². The molecule has 116 heavy (non-hydrogen) atoms. The number of aromatic nitrogens is 7. The second-order valence-corrected chi connectivity index (χ2v) is 39.6. The van der Waals surface area contributed by atoms with Crippen LogP contribution < -0.4 is 18.9 Å². The first-order valence-electron chi connectivity index (χ1n) is 45.2. The minimum absolute atomic E-state index is 0.0669. The van der Waals surface area contributed by atoms with Crippen molar-refractivity contribution >= 4 is 26.1 Å². The van der Waals surface area contributed by atoms with Gasteiger partial charge in [-0.3, -0.25) is 4.99 Å². The van der Waals surface area contributed by atoms with Crippen LogP contribution in [0.2, 0.25) is 19.1 Å². The molecule has 0 bridgehead atoms. The van der Waals surface area contributed by atoms with Crippen LogP contribution in [0.4, 0.5) is 8.78 Å². The Morgan fingerprint density at radius 1 is 0.509 bits per heavy atom. The monoisotopic (exact) mass is 1630 g/mol. The Balaban J connectivity index is 0.000000209. The number of alkyl halides is 1. The first-order chi connectivity index (χ1) is 56.6. The molecule has 8 aromatic rings. The van der Waals surface area contributed by atoms with Gasteiger partial charge in [0.15, 0.2) is 28.2 Å². The molecule has 3 aliphatic rings. The summed E-state index contributed by atoms with van der Waals surface area (Å²) in [7, 11) is 0.314. The van der Waals surface area contributed by atoms with E-state index in [0.717, 1.165) is 95.2 Å². The highest BCUT2D eigenvalue weighted by Gasteiger charge is 2.31. The number of halogens is 2. The lowest BCUT2D eigenvalue weighted by Crippen LogP contribution is -2.34. The van der Waals surface area contributed by atoms with Crippen molar-refractivity contribution < 1.29 is 32.5 Å². The van der Waals surface area contributed by atoms with Gasteiger partial charge in [-0.1, -0.05) is 280 Å². The van der Waals surface area contributed by atoms with Gasteiger partial charge < -0.3 is 23.7 Å². The van der Waals surface area contributed by atoms with Crippen LogP contribution in [0.1, 0.15) is 320 Å². The largest absolute Gasteiger partial charge is 0.494 e. The molecule has 11 rings (SSSR count). The van der Waals surface area contributed by atoms with Gasteiger partial charge in [0.05, 0.1) is 51.1 Å². The molecule has 0 amide bonds. The lowest BCUT2D eigenvalue weighted by atomic mass is 9.75. The zero-order valence-corrected chi connectivity index (χ0v) is 74.9. The Morgan fingerprint density at radius 2 is 1.03 bits per heavy atom. The fraction of sp³-hybridized carbons (Fsp3) is 0.596. The highest BCUT2D eigenvalue weighted by molar-refractivity contribution is 7.14. The molecule has 636 valence electrons. The second kappa shape index (κ2) is 56.2. The maximum Gasteiger partial charge on any atom is 0.255 e. The van der Waals surface area contributed by atoms with Gasteiger partial charge in [-0.15, -0.1) is 10.2 Å². The third-order valence-corrected chi connectivity index (χ3v) is 26.8. The maximum absolute atomic E-state index is 14.7. The van der Waals surface area contributed by atoms with Crippen molar-refractivity contribution in [2.75, 3.05) is 39.8 Å². The number of hydrogen-bond acceptors (Lipinski definition) is 14. The molecule has 3 fully saturated rings.